The summed E-state index contributed by atoms with van der Waals surface area (Å²) in [5.41, 5.74) is 0.331. The standard InChI is InChI=1S/C11H9N5O4S/c12-5-9-6-13-14-11(9)15-21(19,20)7-8-1-3-10(4-2-8)16(17)18/h1-4,6H,7H2,(H2,13,14,15). The molecule has 0 saturated heterocycles. The van der Waals surface area contributed by atoms with Crippen molar-refractivity contribution >= 4 is 21.5 Å². The minimum atomic E-state index is -3.77. The van der Waals surface area contributed by atoms with Crippen LogP contribution in [0, 0.1) is 21.4 Å². The lowest BCUT2D eigenvalue weighted by Gasteiger charge is -2.06. The molecule has 0 aliphatic heterocycles. The number of benzene rings is 1. The molecule has 1 aromatic heterocycles. The number of H-pyrrole nitrogens is 1. The van der Waals surface area contributed by atoms with Gasteiger partial charge in [0.05, 0.1) is 16.9 Å². The van der Waals surface area contributed by atoms with Crippen molar-refractivity contribution in [3.05, 3.63) is 51.7 Å². The summed E-state index contributed by atoms with van der Waals surface area (Å²) >= 11 is 0. The van der Waals surface area contributed by atoms with Crippen molar-refractivity contribution in [2.24, 2.45) is 0 Å². The van der Waals surface area contributed by atoms with Gasteiger partial charge < -0.3 is 0 Å². The SMILES string of the molecule is N#Cc1cn[nH]c1NS(=O)(=O)Cc1ccc([N+](=O)[O-])cc1. The van der Waals surface area contributed by atoms with Crippen LogP contribution in [0.15, 0.2) is 30.5 Å². The molecule has 0 aliphatic carbocycles. The number of nitro groups is 1. The van der Waals surface area contributed by atoms with E-state index in [0.717, 1.165) is 0 Å². The molecule has 108 valence electrons. The second kappa shape index (κ2) is 5.59. The minimum absolute atomic E-state index is 0.0144. The minimum Gasteiger partial charge on any atom is -0.266 e. The number of nitrogens with zero attached hydrogens (tertiary/aromatic N) is 3. The van der Waals surface area contributed by atoms with Crippen LogP contribution in [0.3, 0.4) is 0 Å². The topological polar surface area (TPSA) is 142 Å². The lowest BCUT2D eigenvalue weighted by atomic mass is 10.2. The number of aromatic amines is 1. The zero-order chi connectivity index (χ0) is 15.5. The fourth-order valence-electron chi connectivity index (χ4n) is 1.57. The smallest absolute Gasteiger partial charge is 0.266 e. The Kier molecular flexibility index (Phi) is 3.86. The predicted molar refractivity (Wildman–Crippen MR) is 72.6 cm³/mol. The van der Waals surface area contributed by atoms with Crippen LogP contribution in [-0.4, -0.2) is 23.5 Å². The van der Waals surface area contributed by atoms with Gasteiger partial charge in [0.2, 0.25) is 10.0 Å². The molecule has 0 unspecified atom stereocenters. The molecule has 0 radical (unpaired) electrons. The van der Waals surface area contributed by atoms with Crippen molar-refractivity contribution in [2.45, 2.75) is 5.75 Å². The van der Waals surface area contributed by atoms with Gasteiger partial charge in [0.25, 0.3) is 5.69 Å². The number of nitrogens with one attached hydrogen (secondary N) is 2. The van der Waals surface area contributed by atoms with E-state index in [1.165, 1.54) is 30.5 Å². The normalized spacial score (nSPS) is 10.8. The third-order valence-corrected chi connectivity index (χ3v) is 3.75. The van der Waals surface area contributed by atoms with E-state index in [0.29, 0.717) is 5.56 Å². The quantitative estimate of drug-likeness (QED) is 0.626. The third kappa shape index (κ3) is 3.54. The molecule has 0 amide bonds. The number of non-ortho nitro benzene ring substituents is 1. The highest BCUT2D eigenvalue weighted by atomic mass is 32.2. The van der Waals surface area contributed by atoms with Crippen LogP contribution >= 0.6 is 0 Å². The van der Waals surface area contributed by atoms with Crippen molar-refractivity contribution in [1.82, 2.24) is 10.2 Å². The van der Waals surface area contributed by atoms with Gasteiger partial charge in [0.15, 0.2) is 5.82 Å². The number of hydrogen-bond acceptors (Lipinski definition) is 6. The molecular formula is C11H9N5O4S. The van der Waals surface area contributed by atoms with Crippen molar-refractivity contribution in [1.29, 1.82) is 5.26 Å². The molecule has 0 spiro atoms. The van der Waals surface area contributed by atoms with Crippen molar-refractivity contribution < 1.29 is 13.3 Å². The summed E-state index contributed by atoms with van der Waals surface area (Å²) in [6.45, 7) is 0. The van der Waals surface area contributed by atoms with Crippen LogP contribution in [0.25, 0.3) is 0 Å². The van der Waals surface area contributed by atoms with E-state index in [4.69, 9.17) is 5.26 Å². The first-order valence-electron chi connectivity index (χ1n) is 5.58. The van der Waals surface area contributed by atoms with E-state index >= 15 is 0 Å². The van der Waals surface area contributed by atoms with Crippen LogP contribution in [0.2, 0.25) is 0 Å². The van der Waals surface area contributed by atoms with Gasteiger partial charge in [-0.3, -0.25) is 19.9 Å². The van der Waals surface area contributed by atoms with Gasteiger partial charge in [0, 0.05) is 12.1 Å². The highest BCUT2D eigenvalue weighted by molar-refractivity contribution is 7.91. The maximum absolute atomic E-state index is 12.0. The number of aromatic nitrogens is 2. The van der Waals surface area contributed by atoms with Crippen molar-refractivity contribution in [3.63, 3.8) is 0 Å². The van der Waals surface area contributed by atoms with E-state index in [1.54, 1.807) is 6.07 Å². The second-order valence-corrected chi connectivity index (χ2v) is 5.78. The molecule has 0 atom stereocenters. The van der Waals surface area contributed by atoms with E-state index in [1.807, 2.05) is 0 Å². The Hall–Kier alpha value is -2.93. The lowest BCUT2D eigenvalue weighted by molar-refractivity contribution is -0.384. The molecule has 1 aromatic carbocycles. The van der Waals surface area contributed by atoms with Crippen LogP contribution in [0.5, 0.6) is 0 Å². The second-order valence-electron chi connectivity index (χ2n) is 4.06. The fourth-order valence-corrected chi connectivity index (χ4v) is 2.74. The van der Waals surface area contributed by atoms with Gasteiger partial charge in [-0.1, -0.05) is 12.1 Å². The van der Waals surface area contributed by atoms with Crippen molar-refractivity contribution in [2.75, 3.05) is 4.72 Å². The monoisotopic (exact) mass is 307 g/mol. The Bertz CT molecular complexity index is 804. The molecule has 1 heterocycles. The average molecular weight is 307 g/mol. The molecule has 0 saturated carbocycles. The van der Waals surface area contributed by atoms with Gasteiger partial charge in [-0.05, 0) is 5.56 Å². The van der Waals surface area contributed by atoms with Crippen molar-refractivity contribution in [3.8, 4) is 6.07 Å². The lowest BCUT2D eigenvalue weighted by Crippen LogP contribution is -2.16. The van der Waals surface area contributed by atoms with E-state index in [2.05, 4.69) is 14.9 Å². The third-order valence-electron chi connectivity index (χ3n) is 2.52. The zero-order valence-electron chi connectivity index (χ0n) is 10.5. The number of anilines is 1. The number of sulfonamides is 1. The van der Waals surface area contributed by atoms with E-state index in [-0.39, 0.29) is 22.8 Å². The van der Waals surface area contributed by atoms with Gasteiger partial charge in [-0.15, -0.1) is 0 Å². The predicted octanol–water partition coefficient (Wildman–Crippen LogP) is 1.13. The molecule has 0 fully saturated rings. The summed E-state index contributed by atoms with van der Waals surface area (Å²) in [7, 11) is -3.77. The van der Waals surface area contributed by atoms with Gasteiger partial charge in [-0.25, -0.2) is 8.42 Å². The molecule has 2 aromatic rings. The summed E-state index contributed by atoms with van der Waals surface area (Å²) in [5, 5.41) is 25.2. The molecule has 10 heteroatoms. The summed E-state index contributed by atoms with van der Waals surface area (Å²) in [4.78, 5) is 9.94. The fraction of sp³-hybridized carbons (Fsp3) is 0.0909. The average Bonchev–Trinajstić information content (AvgIpc) is 2.85. The van der Waals surface area contributed by atoms with E-state index in [9.17, 15) is 18.5 Å². The van der Waals surface area contributed by atoms with Crippen LogP contribution in [0.4, 0.5) is 11.5 Å². The Morgan fingerprint density at radius 1 is 1.38 bits per heavy atom. The first-order valence-corrected chi connectivity index (χ1v) is 7.24. The summed E-state index contributed by atoms with van der Waals surface area (Å²) in [5.74, 6) is -0.395. The Labute approximate surface area is 119 Å². The maximum Gasteiger partial charge on any atom is 0.269 e. The molecule has 2 rings (SSSR count). The summed E-state index contributed by atoms with van der Waals surface area (Å²) < 4.78 is 26.1. The number of nitro benzene ring substituents is 1. The number of nitriles is 1. The Morgan fingerprint density at radius 2 is 2.05 bits per heavy atom. The first-order chi connectivity index (χ1) is 9.91. The van der Waals surface area contributed by atoms with Crippen LogP contribution in [-0.2, 0) is 15.8 Å². The number of hydrogen-bond donors (Lipinski definition) is 2. The largest absolute Gasteiger partial charge is 0.269 e. The first kappa shape index (κ1) is 14.5. The molecule has 0 bridgehead atoms. The van der Waals surface area contributed by atoms with Crippen LogP contribution in [0.1, 0.15) is 11.1 Å². The van der Waals surface area contributed by atoms with Gasteiger partial charge in [0.1, 0.15) is 11.6 Å². The molecular weight excluding hydrogens is 298 g/mol. The highest BCUT2D eigenvalue weighted by Gasteiger charge is 2.16. The molecule has 0 aliphatic rings. The Balaban J connectivity index is 2.14. The molecule has 9 nitrogen and oxygen atoms in total. The molecule has 21 heavy (non-hydrogen) atoms. The maximum atomic E-state index is 12.0. The molecule has 2 N–H and O–H groups in total. The highest BCUT2D eigenvalue weighted by Crippen LogP contribution is 2.16. The van der Waals surface area contributed by atoms with E-state index < -0.39 is 14.9 Å². The Morgan fingerprint density at radius 3 is 2.62 bits per heavy atom. The summed E-state index contributed by atoms with van der Waals surface area (Å²) in [6, 6.07) is 6.95. The summed E-state index contributed by atoms with van der Waals surface area (Å²) in [6.07, 6.45) is 1.20. The number of rotatable bonds is 5. The van der Waals surface area contributed by atoms with Gasteiger partial charge >= 0.3 is 0 Å². The van der Waals surface area contributed by atoms with Gasteiger partial charge in [-0.2, -0.15) is 10.4 Å². The van der Waals surface area contributed by atoms with Crippen LogP contribution < -0.4 is 4.72 Å². The zero-order valence-corrected chi connectivity index (χ0v) is 11.3.